The molecule has 4 heteroatoms. The second kappa shape index (κ2) is 7.65. The van der Waals surface area contributed by atoms with Crippen molar-refractivity contribution in [1.29, 1.82) is 0 Å². The number of nitrogens with one attached hydrogen (secondary N) is 1. The van der Waals surface area contributed by atoms with Crippen LogP contribution in [-0.2, 0) is 13.0 Å². The maximum atomic E-state index is 4.36. The summed E-state index contributed by atoms with van der Waals surface area (Å²) in [5.74, 6) is 0. The predicted molar refractivity (Wildman–Crippen MR) is 87.4 cm³/mol. The monoisotopic (exact) mass is 369 g/mol. The molecule has 0 aliphatic rings. The molecule has 2 aromatic rings. The van der Waals surface area contributed by atoms with Crippen molar-refractivity contribution in [3.63, 3.8) is 0 Å². The van der Waals surface area contributed by atoms with E-state index in [1.807, 2.05) is 10.9 Å². The van der Waals surface area contributed by atoms with Gasteiger partial charge < -0.3 is 5.32 Å². The van der Waals surface area contributed by atoms with E-state index in [1.54, 1.807) is 0 Å². The van der Waals surface area contributed by atoms with Crippen LogP contribution in [0.2, 0.25) is 0 Å². The number of rotatable bonds is 7. The van der Waals surface area contributed by atoms with Gasteiger partial charge in [0.05, 0.1) is 16.3 Å². The Bertz CT molecular complexity index is 508. The van der Waals surface area contributed by atoms with E-state index in [0.717, 1.165) is 26.1 Å². The summed E-state index contributed by atoms with van der Waals surface area (Å²) in [5, 5.41) is 7.81. The molecular formula is C15H20IN3. The van der Waals surface area contributed by atoms with Crippen molar-refractivity contribution in [1.82, 2.24) is 15.1 Å². The topological polar surface area (TPSA) is 29.9 Å². The Kier molecular flexibility index (Phi) is 5.85. The molecule has 0 saturated carbocycles. The first-order valence-electron chi connectivity index (χ1n) is 6.75. The lowest BCUT2D eigenvalue weighted by atomic mass is 10.0. The lowest BCUT2D eigenvalue weighted by molar-refractivity contribution is 0.655. The Hall–Kier alpha value is -0.880. The lowest BCUT2D eigenvalue weighted by Gasteiger charge is -2.10. The molecule has 0 radical (unpaired) electrons. The molecule has 0 spiro atoms. The zero-order valence-corrected chi connectivity index (χ0v) is 13.4. The number of hydrogen-bond acceptors (Lipinski definition) is 2. The van der Waals surface area contributed by atoms with Gasteiger partial charge in [-0.2, -0.15) is 5.10 Å². The van der Waals surface area contributed by atoms with E-state index < -0.39 is 0 Å². The number of hydrogen-bond donors (Lipinski definition) is 1. The van der Waals surface area contributed by atoms with Gasteiger partial charge in [-0.15, -0.1) is 0 Å². The SMILES string of the molecule is CCCNCCc1ccccc1Cn1cc(I)cn1. The van der Waals surface area contributed by atoms with E-state index in [9.17, 15) is 0 Å². The van der Waals surface area contributed by atoms with Gasteiger partial charge in [0.25, 0.3) is 0 Å². The number of nitrogens with zero attached hydrogens (tertiary/aromatic N) is 2. The van der Waals surface area contributed by atoms with Gasteiger partial charge in [-0.3, -0.25) is 4.68 Å². The van der Waals surface area contributed by atoms with Crippen LogP contribution in [0.5, 0.6) is 0 Å². The highest BCUT2D eigenvalue weighted by molar-refractivity contribution is 14.1. The third-order valence-corrected chi connectivity index (χ3v) is 3.61. The van der Waals surface area contributed by atoms with Crippen LogP contribution in [0.4, 0.5) is 0 Å². The summed E-state index contributed by atoms with van der Waals surface area (Å²) in [6.07, 6.45) is 6.24. The van der Waals surface area contributed by atoms with Crippen LogP contribution >= 0.6 is 22.6 Å². The third-order valence-electron chi connectivity index (χ3n) is 3.05. The molecule has 0 bridgehead atoms. The summed E-state index contributed by atoms with van der Waals surface area (Å²) in [6, 6.07) is 8.64. The average molecular weight is 369 g/mol. The molecule has 0 saturated heterocycles. The zero-order chi connectivity index (χ0) is 13.5. The Balaban J connectivity index is 1.99. The van der Waals surface area contributed by atoms with Crippen molar-refractivity contribution in [2.45, 2.75) is 26.3 Å². The van der Waals surface area contributed by atoms with Crippen molar-refractivity contribution in [2.24, 2.45) is 0 Å². The normalized spacial score (nSPS) is 10.8. The molecule has 1 aromatic carbocycles. The van der Waals surface area contributed by atoms with Gasteiger partial charge in [-0.1, -0.05) is 31.2 Å². The maximum absolute atomic E-state index is 4.36. The Morgan fingerprint density at radius 2 is 2.00 bits per heavy atom. The number of halogens is 1. The fraction of sp³-hybridized carbons (Fsp3) is 0.400. The molecule has 0 aliphatic heterocycles. The lowest BCUT2D eigenvalue weighted by Crippen LogP contribution is -2.18. The molecule has 19 heavy (non-hydrogen) atoms. The fourth-order valence-corrected chi connectivity index (χ4v) is 2.53. The van der Waals surface area contributed by atoms with Gasteiger partial charge in [0.15, 0.2) is 0 Å². The molecule has 0 unspecified atom stereocenters. The van der Waals surface area contributed by atoms with E-state index in [2.05, 4.69) is 70.4 Å². The summed E-state index contributed by atoms with van der Waals surface area (Å²) in [7, 11) is 0. The van der Waals surface area contributed by atoms with E-state index in [-0.39, 0.29) is 0 Å². The van der Waals surface area contributed by atoms with Crippen LogP contribution in [0.3, 0.4) is 0 Å². The minimum absolute atomic E-state index is 0.854. The quantitative estimate of drug-likeness (QED) is 0.601. The van der Waals surface area contributed by atoms with Crippen molar-refractivity contribution in [2.75, 3.05) is 13.1 Å². The molecule has 0 amide bonds. The first-order chi connectivity index (χ1) is 9.29. The summed E-state index contributed by atoms with van der Waals surface area (Å²) < 4.78 is 3.18. The second-order valence-electron chi connectivity index (χ2n) is 4.62. The highest BCUT2D eigenvalue weighted by atomic mass is 127. The highest BCUT2D eigenvalue weighted by Crippen LogP contribution is 2.12. The first-order valence-corrected chi connectivity index (χ1v) is 7.83. The van der Waals surface area contributed by atoms with Crippen LogP contribution in [0.1, 0.15) is 24.5 Å². The minimum Gasteiger partial charge on any atom is -0.316 e. The molecule has 102 valence electrons. The fourth-order valence-electron chi connectivity index (χ4n) is 2.08. The van der Waals surface area contributed by atoms with Crippen LogP contribution in [0.25, 0.3) is 0 Å². The first kappa shape index (κ1) is 14.5. The largest absolute Gasteiger partial charge is 0.316 e. The Labute approximate surface area is 128 Å². The van der Waals surface area contributed by atoms with Gasteiger partial charge in [0.2, 0.25) is 0 Å². The van der Waals surface area contributed by atoms with E-state index in [0.29, 0.717) is 0 Å². The van der Waals surface area contributed by atoms with Gasteiger partial charge in [0, 0.05) is 6.20 Å². The Morgan fingerprint density at radius 1 is 1.21 bits per heavy atom. The van der Waals surface area contributed by atoms with Gasteiger partial charge in [-0.05, 0) is 59.6 Å². The number of benzene rings is 1. The molecular weight excluding hydrogens is 349 g/mol. The van der Waals surface area contributed by atoms with Crippen molar-refractivity contribution in [3.8, 4) is 0 Å². The second-order valence-corrected chi connectivity index (χ2v) is 5.87. The summed E-state index contributed by atoms with van der Waals surface area (Å²) >= 11 is 2.29. The van der Waals surface area contributed by atoms with E-state index in [1.165, 1.54) is 21.1 Å². The average Bonchev–Trinajstić information content (AvgIpc) is 2.82. The Morgan fingerprint density at radius 3 is 2.68 bits per heavy atom. The van der Waals surface area contributed by atoms with Gasteiger partial charge in [0.1, 0.15) is 0 Å². The number of aromatic nitrogens is 2. The standard InChI is InChI=1S/C15H20IN3/c1-2-8-17-9-7-13-5-3-4-6-14(13)11-19-12-15(16)10-18-19/h3-6,10,12,17H,2,7-9,11H2,1H3. The molecule has 0 atom stereocenters. The van der Waals surface area contributed by atoms with Crippen molar-refractivity contribution >= 4 is 22.6 Å². The molecule has 0 aliphatic carbocycles. The predicted octanol–water partition coefficient (Wildman–Crippen LogP) is 3.08. The third kappa shape index (κ3) is 4.62. The molecule has 1 heterocycles. The van der Waals surface area contributed by atoms with Crippen molar-refractivity contribution < 1.29 is 0 Å². The van der Waals surface area contributed by atoms with Crippen LogP contribution in [0.15, 0.2) is 36.7 Å². The van der Waals surface area contributed by atoms with Gasteiger partial charge in [-0.25, -0.2) is 0 Å². The smallest absolute Gasteiger partial charge is 0.0662 e. The molecule has 1 N–H and O–H groups in total. The van der Waals surface area contributed by atoms with E-state index in [4.69, 9.17) is 0 Å². The zero-order valence-electron chi connectivity index (χ0n) is 11.3. The van der Waals surface area contributed by atoms with Gasteiger partial charge >= 0.3 is 0 Å². The molecule has 0 fully saturated rings. The molecule has 2 rings (SSSR count). The van der Waals surface area contributed by atoms with Crippen LogP contribution in [-0.4, -0.2) is 22.9 Å². The van der Waals surface area contributed by atoms with E-state index >= 15 is 0 Å². The molecule has 3 nitrogen and oxygen atoms in total. The molecule has 1 aromatic heterocycles. The van der Waals surface area contributed by atoms with Crippen LogP contribution in [0, 0.1) is 3.57 Å². The van der Waals surface area contributed by atoms with Crippen molar-refractivity contribution in [3.05, 3.63) is 51.4 Å². The minimum atomic E-state index is 0.854. The van der Waals surface area contributed by atoms with Crippen LogP contribution < -0.4 is 5.32 Å². The maximum Gasteiger partial charge on any atom is 0.0662 e. The highest BCUT2D eigenvalue weighted by Gasteiger charge is 2.03. The summed E-state index contributed by atoms with van der Waals surface area (Å²) in [6.45, 7) is 5.19. The summed E-state index contributed by atoms with van der Waals surface area (Å²) in [4.78, 5) is 0. The summed E-state index contributed by atoms with van der Waals surface area (Å²) in [5.41, 5.74) is 2.77.